The minimum Gasteiger partial charge on any atom is -0.369 e. The summed E-state index contributed by atoms with van der Waals surface area (Å²) in [6, 6.07) is 14.3. The Kier molecular flexibility index (Phi) is 2.74. The normalized spacial score (nSPS) is 11.0. The molecule has 3 aromatic rings. The number of nitrogens with zero attached hydrogens (tertiary/aromatic N) is 2. The highest BCUT2D eigenvalue weighted by Gasteiger charge is 2.12. The van der Waals surface area contributed by atoms with E-state index < -0.39 is 0 Å². The van der Waals surface area contributed by atoms with E-state index in [9.17, 15) is 0 Å². The van der Waals surface area contributed by atoms with Crippen molar-refractivity contribution >= 4 is 39.6 Å². The van der Waals surface area contributed by atoms with Crippen molar-refractivity contribution in [3.8, 4) is 5.69 Å². The molecule has 0 aliphatic carbocycles. The first-order valence-electron chi connectivity index (χ1n) is 5.67. The Morgan fingerprint density at radius 3 is 2.67 bits per heavy atom. The van der Waals surface area contributed by atoms with Crippen LogP contribution in [0.1, 0.15) is 5.56 Å². The summed E-state index contributed by atoms with van der Waals surface area (Å²) in [5, 5.41) is 0. The number of halogens is 1. The van der Waals surface area contributed by atoms with E-state index in [2.05, 4.69) is 58.8 Å². The Balaban J connectivity index is 2.40. The van der Waals surface area contributed by atoms with Crippen molar-refractivity contribution in [1.29, 1.82) is 0 Å². The average Bonchev–Trinajstić information content (AvgIpc) is 2.68. The predicted molar refractivity (Wildman–Crippen MR) is 82.9 cm³/mol. The standard InChI is InChI=1S/C14H12IN3/c1-9-5-4-8-12-13(9)17-14(16)18(12)11-7-3-2-6-10(11)15/h2-8H,1H3,(H2,16,17). The highest BCUT2D eigenvalue weighted by Crippen LogP contribution is 2.27. The van der Waals surface area contributed by atoms with Gasteiger partial charge in [-0.1, -0.05) is 24.3 Å². The molecule has 1 heterocycles. The van der Waals surface area contributed by atoms with Crippen molar-refractivity contribution in [1.82, 2.24) is 9.55 Å². The summed E-state index contributed by atoms with van der Waals surface area (Å²) in [5.74, 6) is 0.531. The molecule has 0 saturated carbocycles. The van der Waals surface area contributed by atoms with Crippen LogP contribution in [0, 0.1) is 10.5 Å². The zero-order chi connectivity index (χ0) is 12.7. The van der Waals surface area contributed by atoms with Gasteiger partial charge in [0.1, 0.15) is 0 Å². The summed E-state index contributed by atoms with van der Waals surface area (Å²) in [5.41, 5.74) is 10.3. The van der Waals surface area contributed by atoms with E-state index in [-0.39, 0.29) is 0 Å². The first-order chi connectivity index (χ1) is 8.68. The number of hydrogen-bond donors (Lipinski definition) is 1. The van der Waals surface area contributed by atoms with Crippen LogP contribution in [0.5, 0.6) is 0 Å². The molecule has 3 rings (SSSR count). The number of imidazole rings is 1. The monoisotopic (exact) mass is 349 g/mol. The third-order valence-electron chi connectivity index (χ3n) is 3.01. The lowest BCUT2D eigenvalue weighted by Gasteiger charge is -2.08. The van der Waals surface area contributed by atoms with Gasteiger partial charge in [0.2, 0.25) is 5.95 Å². The quantitative estimate of drug-likeness (QED) is 0.683. The van der Waals surface area contributed by atoms with E-state index >= 15 is 0 Å². The number of fused-ring (bicyclic) bond motifs is 1. The summed E-state index contributed by atoms with van der Waals surface area (Å²) < 4.78 is 3.16. The van der Waals surface area contributed by atoms with Crippen molar-refractivity contribution in [2.45, 2.75) is 6.92 Å². The maximum atomic E-state index is 6.07. The number of hydrogen-bond acceptors (Lipinski definition) is 2. The predicted octanol–water partition coefficient (Wildman–Crippen LogP) is 3.52. The molecule has 0 radical (unpaired) electrons. The van der Waals surface area contributed by atoms with Gasteiger partial charge in [-0.2, -0.15) is 0 Å². The molecule has 2 aromatic carbocycles. The summed E-state index contributed by atoms with van der Waals surface area (Å²) in [6.45, 7) is 2.05. The molecule has 0 aliphatic heterocycles. The molecular formula is C14H12IN3. The van der Waals surface area contributed by atoms with Gasteiger partial charge in [-0.25, -0.2) is 4.98 Å². The molecule has 3 nitrogen and oxygen atoms in total. The maximum absolute atomic E-state index is 6.07. The molecule has 0 unspecified atom stereocenters. The van der Waals surface area contributed by atoms with Crippen LogP contribution in [0.2, 0.25) is 0 Å². The zero-order valence-corrected chi connectivity index (χ0v) is 12.0. The fourth-order valence-corrected chi connectivity index (χ4v) is 2.77. The van der Waals surface area contributed by atoms with Crippen LogP contribution in [-0.2, 0) is 0 Å². The number of nitrogens with two attached hydrogens (primary N) is 1. The van der Waals surface area contributed by atoms with Crippen LogP contribution < -0.4 is 5.73 Å². The summed E-state index contributed by atoms with van der Waals surface area (Å²) in [7, 11) is 0. The van der Waals surface area contributed by atoms with Crippen LogP contribution in [0.3, 0.4) is 0 Å². The number of para-hydroxylation sites is 2. The van der Waals surface area contributed by atoms with Gasteiger partial charge in [-0.05, 0) is 53.3 Å². The van der Waals surface area contributed by atoms with Gasteiger partial charge in [-0.3, -0.25) is 4.57 Å². The van der Waals surface area contributed by atoms with Crippen LogP contribution in [0.25, 0.3) is 16.7 Å². The minimum atomic E-state index is 0.531. The summed E-state index contributed by atoms with van der Waals surface area (Å²) in [4.78, 5) is 4.47. The Hall–Kier alpha value is -1.56. The molecule has 0 fully saturated rings. The molecule has 0 atom stereocenters. The molecule has 4 heteroatoms. The maximum Gasteiger partial charge on any atom is 0.205 e. The van der Waals surface area contributed by atoms with E-state index in [0.29, 0.717) is 5.95 Å². The first kappa shape index (κ1) is 11.5. The Labute approximate surface area is 119 Å². The smallest absolute Gasteiger partial charge is 0.205 e. The molecule has 2 N–H and O–H groups in total. The van der Waals surface area contributed by atoms with Gasteiger partial charge in [0.15, 0.2) is 0 Å². The van der Waals surface area contributed by atoms with Crippen LogP contribution >= 0.6 is 22.6 Å². The highest BCUT2D eigenvalue weighted by atomic mass is 127. The lowest BCUT2D eigenvalue weighted by molar-refractivity contribution is 1.10. The molecule has 0 bridgehead atoms. The van der Waals surface area contributed by atoms with Gasteiger partial charge in [0, 0.05) is 3.57 Å². The van der Waals surface area contributed by atoms with Crippen molar-refractivity contribution in [2.75, 3.05) is 5.73 Å². The van der Waals surface area contributed by atoms with E-state index in [1.54, 1.807) is 0 Å². The average molecular weight is 349 g/mol. The van der Waals surface area contributed by atoms with Crippen molar-refractivity contribution in [3.05, 3.63) is 51.6 Å². The van der Waals surface area contributed by atoms with E-state index in [1.165, 1.54) is 0 Å². The molecule has 90 valence electrons. The van der Waals surface area contributed by atoms with Gasteiger partial charge in [-0.15, -0.1) is 0 Å². The summed E-state index contributed by atoms with van der Waals surface area (Å²) in [6.07, 6.45) is 0. The molecule has 1 aromatic heterocycles. The number of nitrogen functional groups attached to an aromatic ring is 1. The van der Waals surface area contributed by atoms with E-state index in [0.717, 1.165) is 25.9 Å². The Bertz CT molecular complexity index is 731. The van der Waals surface area contributed by atoms with Crippen molar-refractivity contribution in [2.24, 2.45) is 0 Å². The Morgan fingerprint density at radius 1 is 1.11 bits per heavy atom. The Morgan fingerprint density at radius 2 is 1.89 bits per heavy atom. The third kappa shape index (κ3) is 1.68. The SMILES string of the molecule is Cc1cccc2c1nc(N)n2-c1ccccc1I. The van der Waals surface area contributed by atoms with Crippen LogP contribution in [0.15, 0.2) is 42.5 Å². The second-order valence-corrected chi connectivity index (χ2v) is 5.36. The molecule has 0 saturated heterocycles. The van der Waals surface area contributed by atoms with Crippen molar-refractivity contribution in [3.63, 3.8) is 0 Å². The van der Waals surface area contributed by atoms with Gasteiger partial charge >= 0.3 is 0 Å². The van der Waals surface area contributed by atoms with Crippen LogP contribution in [-0.4, -0.2) is 9.55 Å². The third-order valence-corrected chi connectivity index (χ3v) is 3.92. The van der Waals surface area contributed by atoms with E-state index in [4.69, 9.17) is 5.73 Å². The fraction of sp³-hybridized carbons (Fsp3) is 0.0714. The van der Waals surface area contributed by atoms with Gasteiger partial charge in [0.05, 0.1) is 16.7 Å². The number of aryl methyl sites for hydroxylation is 1. The van der Waals surface area contributed by atoms with Gasteiger partial charge in [0.25, 0.3) is 0 Å². The topological polar surface area (TPSA) is 43.8 Å². The number of aromatic nitrogens is 2. The second-order valence-electron chi connectivity index (χ2n) is 4.20. The number of anilines is 1. The highest BCUT2D eigenvalue weighted by molar-refractivity contribution is 14.1. The lowest BCUT2D eigenvalue weighted by Crippen LogP contribution is -2.02. The molecule has 18 heavy (non-hydrogen) atoms. The first-order valence-corrected chi connectivity index (χ1v) is 6.75. The molecule has 0 aliphatic rings. The van der Waals surface area contributed by atoms with Gasteiger partial charge < -0.3 is 5.73 Å². The zero-order valence-electron chi connectivity index (χ0n) is 9.89. The fourth-order valence-electron chi connectivity index (χ4n) is 2.14. The molecule has 0 amide bonds. The number of rotatable bonds is 1. The second kappa shape index (κ2) is 4.28. The lowest BCUT2D eigenvalue weighted by atomic mass is 10.2. The van der Waals surface area contributed by atoms with Crippen molar-refractivity contribution < 1.29 is 0 Å². The van der Waals surface area contributed by atoms with Crippen LogP contribution in [0.4, 0.5) is 5.95 Å². The minimum absolute atomic E-state index is 0.531. The summed E-state index contributed by atoms with van der Waals surface area (Å²) >= 11 is 2.32. The largest absolute Gasteiger partial charge is 0.369 e. The number of benzene rings is 2. The molecule has 0 spiro atoms. The van der Waals surface area contributed by atoms with E-state index in [1.807, 2.05) is 22.8 Å². The molecular weight excluding hydrogens is 337 g/mol.